The molecule has 0 heterocycles. The fraction of sp³-hybridized carbons (Fsp3) is 0.111. The fourth-order valence-electron chi connectivity index (χ4n) is 0.920. The number of nitrogens with zero attached hydrogens (tertiary/aromatic N) is 1. The molecule has 0 unspecified atom stereocenters. The highest BCUT2D eigenvalue weighted by Crippen LogP contribution is 2.23. The first-order valence-corrected chi connectivity index (χ1v) is 4.55. The molecule has 0 saturated carbocycles. The number of nitrogens with one attached hydrogen (secondary N) is 1. The molecule has 1 N–H and O–H groups in total. The lowest BCUT2D eigenvalue weighted by molar-refractivity contribution is -0.106. The maximum atomic E-state index is 13.2. The van der Waals surface area contributed by atoms with Gasteiger partial charge in [0.1, 0.15) is 18.2 Å². The molecule has 14 heavy (non-hydrogen) atoms. The maximum Gasteiger partial charge on any atom is 0.147 e. The molecule has 5 heteroatoms. The van der Waals surface area contributed by atoms with Crippen LogP contribution in [0.2, 0.25) is 0 Å². The molecule has 3 nitrogen and oxygen atoms in total. The molecule has 0 fully saturated rings. The molecule has 0 bridgehead atoms. The molecule has 0 aliphatic heterocycles. The monoisotopic (exact) mass is 256 g/mol. The number of halogens is 2. The lowest BCUT2D eigenvalue weighted by Gasteiger charge is -2.05. The van der Waals surface area contributed by atoms with Crippen molar-refractivity contribution in [1.29, 1.82) is 5.26 Å². The molecular formula is C9H6BrFN2O. The van der Waals surface area contributed by atoms with E-state index in [4.69, 9.17) is 5.26 Å². The maximum absolute atomic E-state index is 13.2. The molecular weight excluding hydrogens is 251 g/mol. The van der Waals surface area contributed by atoms with Gasteiger partial charge in [-0.3, -0.25) is 0 Å². The summed E-state index contributed by atoms with van der Waals surface area (Å²) in [5.74, 6) is -0.549. The SMILES string of the molecule is N#Cc1cc(F)c(NCC=O)cc1Br. The first-order valence-electron chi connectivity index (χ1n) is 3.75. The molecule has 1 aromatic carbocycles. The first-order chi connectivity index (χ1) is 6.69. The highest BCUT2D eigenvalue weighted by Gasteiger charge is 2.06. The summed E-state index contributed by atoms with van der Waals surface area (Å²) in [5.41, 5.74) is 0.419. The van der Waals surface area contributed by atoms with Crippen molar-refractivity contribution in [3.63, 3.8) is 0 Å². The summed E-state index contributed by atoms with van der Waals surface area (Å²) in [6, 6.07) is 4.37. The van der Waals surface area contributed by atoms with Crippen LogP contribution < -0.4 is 5.32 Å². The number of hydrogen-bond donors (Lipinski definition) is 1. The number of nitriles is 1. The normalized spacial score (nSPS) is 9.21. The number of anilines is 1. The van der Waals surface area contributed by atoms with Gasteiger partial charge in [-0.05, 0) is 28.1 Å². The van der Waals surface area contributed by atoms with Crippen LogP contribution in [0.25, 0.3) is 0 Å². The molecule has 72 valence electrons. The van der Waals surface area contributed by atoms with Crippen molar-refractivity contribution in [2.45, 2.75) is 0 Å². The Balaban J connectivity index is 3.03. The second-order valence-electron chi connectivity index (χ2n) is 2.47. The molecule has 0 aliphatic rings. The van der Waals surface area contributed by atoms with Crippen LogP contribution in [-0.4, -0.2) is 12.8 Å². The van der Waals surface area contributed by atoms with Gasteiger partial charge in [0, 0.05) is 4.47 Å². The topological polar surface area (TPSA) is 52.9 Å². The van der Waals surface area contributed by atoms with E-state index in [0.29, 0.717) is 10.8 Å². The third-order valence-electron chi connectivity index (χ3n) is 1.55. The summed E-state index contributed by atoms with van der Waals surface area (Å²) in [6.45, 7) is 0.0370. The largest absolute Gasteiger partial charge is 0.376 e. The van der Waals surface area contributed by atoms with Crippen molar-refractivity contribution in [2.75, 3.05) is 11.9 Å². The van der Waals surface area contributed by atoms with Gasteiger partial charge in [0.15, 0.2) is 0 Å². The number of carbonyl (C=O) groups excluding carboxylic acids is 1. The van der Waals surface area contributed by atoms with Gasteiger partial charge in [-0.2, -0.15) is 5.26 Å². The van der Waals surface area contributed by atoms with Gasteiger partial charge < -0.3 is 10.1 Å². The van der Waals surface area contributed by atoms with Crippen molar-refractivity contribution in [1.82, 2.24) is 0 Å². The minimum Gasteiger partial charge on any atom is -0.376 e. The lowest BCUT2D eigenvalue weighted by Crippen LogP contribution is -2.04. The minimum absolute atomic E-state index is 0.0370. The lowest BCUT2D eigenvalue weighted by atomic mass is 10.2. The second-order valence-corrected chi connectivity index (χ2v) is 3.33. The van der Waals surface area contributed by atoms with Crippen molar-refractivity contribution in [3.8, 4) is 6.07 Å². The van der Waals surface area contributed by atoms with Gasteiger partial charge in [-0.1, -0.05) is 0 Å². The Morgan fingerprint density at radius 1 is 1.64 bits per heavy atom. The van der Waals surface area contributed by atoms with E-state index >= 15 is 0 Å². The minimum atomic E-state index is -0.549. The summed E-state index contributed by atoms with van der Waals surface area (Å²) >= 11 is 3.12. The smallest absolute Gasteiger partial charge is 0.147 e. The second kappa shape index (κ2) is 4.72. The van der Waals surface area contributed by atoms with Crippen molar-refractivity contribution in [2.24, 2.45) is 0 Å². The summed E-state index contributed by atoms with van der Waals surface area (Å²) in [6.07, 6.45) is 0.631. The summed E-state index contributed by atoms with van der Waals surface area (Å²) in [5, 5.41) is 11.2. The zero-order chi connectivity index (χ0) is 10.6. The predicted octanol–water partition coefficient (Wildman–Crippen LogP) is 2.07. The van der Waals surface area contributed by atoms with Crippen LogP contribution in [0.3, 0.4) is 0 Å². The van der Waals surface area contributed by atoms with Crippen LogP contribution in [0.4, 0.5) is 10.1 Å². The third-order valence-corrected chi connectivity index (χ3v) is 2.21. The molecule has 0 aromatic heterocycles. The summed E-state index contributed by atoms with van der Waals surface area (Å²) in [4.78, 5) is 10.0. The predicted molar refractivity (Wildman–Crippen MR) is 53.4 cm³/mol. The van der Waals surface area contributed by atoms with Crippen LogP contribution in [0, 0.1) is 17.1 Å². The van der Waals surface area contributed by atoms with Gasteiger partial charge in [-0.25, -0.2) is 4.39 Å². The van der Waals surface area contributed by atoms with Crippen molar-refractivity contribution >= 4 is 27.9 Å². The van der Waals surface area contributed by atoms with Gasteiger partial charge in [0.2, 0.25) is 0 Å². The number of rotatable bonds is 3. The van der Waals surface area contributed by atoms with Crippen LogP contribution in [0.5, 0.6) is 0 Å². The Morgan fingerprint density at radius 2 is 2.36 bits per heavy atom. The summed E-state index contributed by atoms with van der Waals surface area (Å²) in [7, 11) is 0. The van der Waals surface area contributed by atoms with E-state index < -0.39 is 5.82 Å². The Labute approximate surface area is 88.7 Å². The average Bonchev–Trinajstić information content (AvgIpc) is 2.18. The number of benzene rings is 1. The quantitative estimate of drug-likeness (QED) is 0.843. The number of carbonyl (C=O) groups is 1. The van der Waals surface area contributed by atoms with Crippen LogP contribution in [0.1, 0.15) is 5.56 Å². The molecule has 0 saturated heterocycles. The first kappa shape index (κ1) is 10.7. The van der Waals surface area contributed by atoms with E-state index in [-0.39, 0.29) is 17.8 Å². The number of hydrogen-bond acceptors (Lipinski definition) is 3. The van der Waals surface area contributed by atoms with Crippen LogP contribution in [-0.2, 0) is 4.79 Å². The Morgan fingerprint density at radius 3 is 2.93 bits per heavy atom. The molecule has 0 atom stereocenters. The molecule has 1 rings (SSSR count). The van der Waals surface area contributed by atoms with Gasteiger partial charge in [0.25, 0.3) is 0 Å². The highest BCUT2D eigenvalue weighted by atomic mass is 79.9. The zero-order valence-electron chi connectivity index (χ0n) is 7.05. The molecule has 1 aromatic rings. The molecule has 0 radical (unpaired) electrons. The van der Waals surface area contributed by atoms with E-state index in [9.17, 15) is 9.18 Å². The zero-order valence-corrected chi connectivity index (χ0v) is 8.64. The Hall–Kier alpha value is -1.41. The Kier molecular flexibility index (Phi) is 3.60. The van der Waals surface area contributed by atoms with Crippen molar-refractivity contribution < 1.29 is 9.18 Å². The third kappa shape index (κ3) is 2.30. The van der Waals surface area contributed by atoms with Gasteiger partial charge in [-0.15, -0.1) is 0 Å². The molecule has 0 spiro atoms. The van der Waals surface area contributed by atoms with Crippen LogP contribution in [0.15, 0.2) is 16.6 Å². The van der Waals surface area contributed by atoms with Gasteiger partial charge >= 0.3 is 0 Å². The fourth-order valence-corrected chi connectivity index (χ4v) is 1.35. The van der Waals surface area contributed by atoms with Gasteiger partial charge in [0.05, 0.1) is 17.8 Å². The average molecular weight is 257 g/mol. The van der Waals surface area contributed by atoms with E-state index in [1.165, 1.54) is 6.07 Å². The van der Waals surface area contributed by atoms with Crippen LogP contribution >= 0.6 is 15.9 Å². The molecule has 0 aliphatic carbocycles. The Bertz CT molecular complexity index is 401. The van der Waals surface area contributed by atoms with E-state index in [1.54, 1.807) is 0 Å². The molecule has 0 amide bonds. The highest BCUT2D eigenvalue weighted by molar-refractivity contribution is 9.10. The van der Waals surface area contributed by atoms with E-state index in [1.807, 2.05) is 6.07 Å². The summed E-state index contributed by atoms with van der Waals surface area (Å²) < 4.78 is 13.7. The van der Waals surface area contributed by atoms with E-state index in [0.717, 1.165) is 6.07 Å². The van der Waals surface area contributed by atoms with Crippen molar-refractivity contribution in [3.05, 3.63) is 28.0 Å². The standard InChI is InChI=1S/C9H6BrFN2O/c10-7-4-9(13-1-2-14)8(11)3-6(7)5-12/h2-4,13H,1H2. The number of aldehydes is 1. The van der Waals surface area contributed by atoms with E-state index in [2.05, 4.69) is 21.2 Å².